The van der Waals surface area contributed by atoms with Crippen LogP contribution in [0.15, 0.2) is 36.5 Å². The lowest BCUT2D eigenvalue weighted by atomic mass is 9.53. The van der Waals surface area contributed by atoms with E-state index in [9.17, 15) is 15.0 Å². The van der Waals surface area contributed by atoms with E-state index in [4.69, 9.17) is 5.11 Å². The molecular formula is C27H35N3O4. The summed E-state index contributed by atoms with van der Waals surface area (Å²) >= 11 is 0. The number of aliphatic hydroxyl groups is 1. The average molecular weight is 466 g/mol. The zero-order chi connectivity index (χ0) is 23.9. The van der Waals surface area contributed by atoms with Crippen LogP contribution in [0.1, 0.15) is 68.1 Å². The van der Waals surface area contributed by atoms with Crippen LogP contribution in [0.4, 0.5) is 5.82 Å². The highest BCUT2D eigenvalue weighted by atomic mass is 16.4. The summed E-state index contributed by atoms with van der Waals surface area (Å²) in [4.78, 5) is 15.0. The Kier molecular flexibility index (Phi) is 6.02. The summed E-state index contributed by atoms with van der Waals surface area (Å²) in [7, 11) is 0. The lowest BCUT2D eigenvalue weighted by molar-refractivity contribution is -0.135. The number of hydrogen-bond acceptors (Lipinski definition) is 6. The number of nitrogens with zero attached hydrogens (tertiary/aromatic N) is 1. The van der Waals surface area contributed by atoms with E-state index in [-0.39, 0.29) is 12.0 Å². The molecule has 1 aromatic heterocycles. The molecule has 0 radical (unpaired) electrons. The first kappa shape index (κ1) is 23.1. The number of nitrogens with one attached hydrogen (secondary N) is 2. The SMILES string of the molecule is C[C@]12CC[C@@H]3c4ccc(O)cc4CC[C@H]3[C@@H]1CC[C@@]2(O)CCc1ccc(NNCC(=O)O)nc1. The molecule has 5 atom stereocenters. The van der Waals surface area contributed by atoms with Crippen molar-refractivity contribution in [2.24, 2.45) is 17.3 Å². The normalized spacial score (nSPS) is 31.9. The Morgan fingerprint density at radius 1 is 1.18 bits per heavy atom. The lowest BCUT2D eigenvalue weighted by Gasteiger charge is -2.53. The molecule has 1 heterocycles. The van der Waals surface area contributed by atoms with Crippen molar-refractivity contribution < 1.29 is 20.1 Å². The molecule has 3 aliphatic carbocycles. The maximum absolute atomic E-state index is 11.9. The third-order valence-corrected chi connectivity index (χ3v) is 9.14. The van der Waals surface area contributed by atoms with Gasteiger partial charge in [0.2, 0.25) is 0 Å². The number of hydrazine groups is 1. The van der Waals surface area contributed by atoms with Gasteiger partial charge < -0.3 is 20.7 Å². The lowest BCUT2D eigenvalue weighted by Crippen LogP contribution is -2.51. The molecular weight excluding hydrogens is 430 g/mol. The maximum Gasteiger partial charge on any atom is 0.319 e. The number of carboxylic acid groups (broad SMARTS) is 1. The summed E-state index contributed by atoms with van der Waals surface area (Å²) in [5.74, 6) is 1.68. The number of phenols is 1. The number of carboxylic acids is 1. The van der Waals surface area contributed by atoms with Crippen molar-refractivity contribution in [1.29, 1.82) is 0 Å². The van der Waals surface area contributed by atoms with E-state index < -0.39 is 11.6 Å². The van der Waals surface area contributed by atoms with Crippen molar-refractivity contribution in [1.82, 2.24) is 10.4 Å². The Morgan fingerprint density at radius 3 is 2.79 bits per heavy atom. The molecule has 0 bridgehead atoms. The third-order valence-electron chi connectivity index (χ3n) is 9.14. The smallest absolute Gasteiger partial charge is 0.319 e. The molecule has 5 rings (SSSR count). The second-order valence-corrected chi connectivity index (χ2v) is 10.7. The van der Waals surface area contributed by atoms with Gasteiger partial charge in [0, 0.05) is 6.20 Å². The van der Waals surface area contributed by atoms with E-state index in [0.29, 0.717) is 29.3 Å². The number of anilines is 1. The first-order valence-electron chi connectivity index (χ1n) is 12.5. The monoisotopic (exact) mass is 465 g/mol. The molecule has 0 spiro atoms. The quantitative estimate of drug-likeness (QED) is 0.393. The largest absolute Gasteiger partial charge is 0.508 e. The molecule has 3 aliphatic rings. The molecule has 7 heteroatoms. The van der Waals surface area contributed by atoms with Gasteiger partial charge in [0.15, 0.2) is 0 Å². The fourth-order valence-electron chi connectivity index (χ4n) is 7.30. The van der Waals surface area contributed by atoms with Crippen molar-refractivity contribution >= 4 is 11.8 Å². The van der Waals surface area contributed by atoms with E-state index >= 15 is 0 Å². The number of pyridine rings is 1. The summed E-state index contributed by atoms with van der Waals surface area (Å²) in [6.45, 7) is 2.14. The fourth-order valence-corrected chi connectivity index (χ4v) is 7.30. The molecule has 2 aromatic rings. The summed E-state index contributed by atoms with van der Waals surface area (Å²) in [5.41, 5.74) is 8.45. The second kappa shape index (κ2) is 8.86. The van der Waals surface area contributed by atoms with E-state index in [0.717, 1.165) is 56.9 Å². The van der Waals surface area contributed by atoms with Gasteiger partial charge in [-0.2, -0.15) is 0 Å². The van der Waals surface area contributed by atoms with Gasteiger partial charge in [0.25, 0.3) is 0 Å². The topological polar surface area (TPSA) is 115 Å². The predicted molar refractivity (Wildman–Crippen MR) is 129 cm³/mol. The van der Waals surface area contributed by atoms with E-state index in [1.54, 1.807) is 6.20 Å². The number of benzene rings is 1. The van der Waals surface area contributed by atoms with Crippen molar-refractivity contribution in [2.45, 2.75) is 69.8 Å². The average Bonchev–Trinajstić information content (AvgIpc) is 3.09. The van der Waals surface area contributed by atoms with Crippen LogP contribution in [0.2, 0.25) is 0 Å². The van der Waals surface area contributed by atoms with Gasteiger partial charge in [-0.3, -0.25) is 4.79 Å². The van der Waals surface area contributed by atoms with Crippen molar-refractivity contribution in [3.63, 3.8) is 0 Å². The number of aromatic hydroxyl groups is 1. The number of phenolic OH excluding ortho intramolecular Hbond substituents is 1. The van der Waals surface area contributed by atoms with Crippen LogP contribution < -0.4 is 10.9 Å². The minimum atomic E-state index is -0.938. The predicted octanol–water partition coefficient (Wildman–Crippen LogP) is 4.01. The summed E-state index contributed by atoms with van der Waals surface area (Å²) in [6.07, 6.45) is 9.53. The van der Waals surface area contributed by atoms with Gasteiger partial charge in [-0.25, -0.2) is 10.4 Å². The van der Waals surface area contributed by atoms with Gasteiger partial charge in [0.05, 0.1) is 5.60 Å². The van der Waals surface area contributed by atoms with Crippen molar-refractivity contribution in [3.05, 3.63) is 53.2 Å². The number of aliphatic carboxylic acids is 1. The molecule has 0 unspecified atom stereocenters. The number of fused-ring (bicyclic) bond motifs is 5. The van der Waals surface area contributed by atoms with Crippen LogP contribution >= 0.6 is 0 Å². The highest BCUT2D eigenvalue weighted by Crippen LogP contribution is 2.65. The molecule has 7 nitrogen and oxygen atoms in total. The van der Waals surface area contributed by atoms with E-state index in [2.05, 4.69) is 28.8 Å². The third kappa shape index (κ3) is 4.05. The van der Waals surface area contributed by atoms with Crippen LogP contribution in [0.25, 0.3) is 0 Å². The van der Waals surface area contributed by atoms with Gasteiger partial charge in [0.1, 0.15) is 18.1 Å². The highest BCUT2D eigenvalue weighted by molar-refractivity contribution is 5.69. The van der Waals surface area contributed by atoms with Crippen molar-refractivity contribution in [2.75, 3.05) is 12.0 Å². The molecule has 182 valence electrons. The molecule has 2 fully saturated rings. The van der Waals surface area contributed by atoms with Gasteiger partial charge in [-0.1, -0.05) is 19.1 Å². The Labute approximate surface area is 200 Å². The zero-order valence-electron chi connectivity index (χ0n) is 19.8. The van der Waals surface area contributed by atoms with Gasteiger partial charge in [-0.15, -0.1) is 0 Å². The number of carbonyl (C=O) groups is 1. The van der Waals surface area contributed by atoms with E-state index in [1.807, 2.05) is 24.3 Å². The van der Waals surface area contributed by atoms with E-state index in [1.165, 1.54) is 11.1 Å². The first-order valence-corrected chi connectivity index (χ1v) is 12.5. The second-order valence-electron chi connectivity index (χ2n) is 10.7. The number of aryl methyl sites for hydroxylation is 2. The number of hydrogen-bond donors (Lipinski definition) is 5. The summed E-state index contributed by atoms with van der Waals surface area (Å²) in [5, 5.41) is 30.5. The van der Waals surface area contributed by atoms with Crippen LogP contribution in [0.3, 0.4) is 0 Å². The minimum absolute atomic E-state index is 0.0712. The van der Waals surface area contributed by atoms with Crippen LogP contribution in [0.5, 0.6) is 5.75 Å². The molecule has 0 aliphatic heterocycles. The highest BCUT2D eigenvalue weighted by Gasteiger charge is 2.61. The Morgan fingerprint density at radius 2 is 2.03 bits per heavy atom. The zero-order valence-corrected chi connectivity index (χ0v) is 19.8. The molecule has 0 amide bonds. The Bertz CT molecular complexity index is 1060. The van der Waals surface area contributed by atoms with Gasteiger partial charge >= 0.3 is 5.97 Å². The maximum atomic E-state index is 11.9. The number of aromatic nitrogens is 1. The molecule has 0 saturated heterocycles. The molecule has 5 N–H and O–H groups in total. The molecule has 2 saturated carbocycles. The summed E-state index contributed by atoms with van der Waals surface area (Å²) < 4.78 is 0. The standard InChI is InChI=1S/C27H35N3O4/c1-26-11-9-21-20-6-4-19(31)14-18(20)3-5-22(21)23(26)10-13-27(26,34)12-8-17-2-7-24(28-15-17)30-29-16-25(32)33/h2,4,6-7,14-15,21-23,29,31,34H,3,5,8-13,16H2,1H3,(H,28,30)(H,32,33)/t21-,22-,23+,26+,27+/m1/s1. The summed E-state index contributed by atoms with van der Waals surface area (Å²) in [6, 6.07) is 9.72. The Balaban J connectivity index is 1.25. The minimum Gasteiger partial charge on any atom is -0.508 e. The molecule has 34 heavy (non-hydrogen) atoms. The van der Waals surface area contributed by atoms with Crippen molar-refractivity contribution in [3.8, 4) is 5.75 Å². The van der Waals surface area contributed by atoms with Crippen LogP contribution in [-0.4, -0.2) is 38.4 Å². The first-order chi connectivity index (χ1) is 16.3. The van der Waals surface area contributed by atoms with Gasteiger partial charge in [-0.05, 0) is 109 Å². The Hall–Kier alpha value is -2.64. The van der Waals surface area contributed by atoms with Crippen LogP contribution in [0, 0.1) is 17.3 Å². The van der Waals surface area contributed by atoms with Crippen LogP contribution in [-0.2, 0) is 17.6 Å². The molecule has 1 aromatic carbocycles. The number of rotatable bonds is 7. The fraction of sp³-hybridized carbons (Fsp3) is 0.556.